The summed E-state index contributed by atoms with van der Waals surface area (Å²) >= 11 is 5.15. The fourth-order valence-electron chi connectivity index (χ4n) is 2.69. The number of thiocarbonyl (C=S) groups is 1. The molecule has 0 bridgehead atoms. The lowest BCUT2D eigenvalue weighted by atomic mass is 10.0. The van der Waals surface area contributed by atoms with Gasteiger partial charge in [0, 0.05) is 29.8 Å². The Labute approximate surface area is 166 Å². The molecule has 0 radical (unpaired) electrons. The molecule has 0 saturated heterocycles. The lowest BCUT2D eigenvalue weighted by Gasteiger charge is -2.21. The van der Waals surface area contributed by atoms with Gasteiger partial charge in [0.15, 0.2) is 11.5 Å². The number of benzene rings is 2. The van der Waals surface area contributed by atoms with Crippen molar-refractivity contribution in [3.8, 4) is 22.9 Å². The van der Waals surface area contributed by atoms with Crippen LogP contribution in [-0.2, 0) is 0 Å². The third-order valence-electron chi connectivity index (χ3n) is 4.08. The van der Waals surface area contributed by atoms with Gasteiger partial charge in [-0.1, -0.05) is 17.4 Å². The second kappa shape index (κ2) is 8.22. The van der Waals surface area contributed by atoms with Gasteiger partial charge in [-0.05, 0) is 30.3 Å². The summed E-state index contributed by atoms with van der Waals surface area (Å²) in [5.41, 5.74) is 7.60. The summed E-state index contributed by atoms with van der Waals surface area (Å²) in [5.74, 6) is 1.12. The predicted octanol–water partition coefficient (Wildman–Crippen LogP) is 3.64. The number of aryl methyl sites for hydroxylation is 1. The maximum Gasteiger partial charge on any atom is 0.223 e. The molecule has 1 heterocycles. The molecule has 0 fully saturated rings. The fraction of sp³-hybridized carbons (Fsp3) is 0.211. The molecule has 0 aliphatic carbocycles. The summed E-state index contributed by atoms with van der Waals surface area (Å²) in [7, 11) is 2.91. The van der Waals surface area contributed by atoms with E-state index in [1.807, 2.05) is 12.1 Å². The number of nitrogens with zero attached hydrogens (tertiary/aromatic N) is 2. The Morgan fingerprint density at radius 3 is 2.36 bits per heavy atom. The van der Waals surface area contributed by atoms with Gasteiger partial charge in [-0.2, -0.15) is 4.98 Å². The zero-order valence-electron chi connectivity index (χ0n) is 15.5. The summed E-state index contributed by atoms with van der Waals surface area (Å²) in [5, 5.41) is 7.02. The Bertz CT molecular complexity index is 991. The lowest BCUT2D eigenvalue weighted by molar-refractivity contribution is 0.351. The molecule has 9 heteroatoms. The van der Waals surface area contributed by atoms with Crippen LogP contribution in [0.3, 0.4) is 0 Å². The Balaban J connectivity index is 1.89. The van der Waals surface area contributed by atoms with Crippen LogP contribution in [0, 0.1) is 12.7 Å². The van der Waals surface area contributed by atoms with Crippen molar-refractivity contribution in [1.82, 2.24) is 10.1 Å². The largest absolute Gasteiger partial charge is 0.493 e. The van der Waals surface area contributed by atoms with Gasteiger partial charge >= 0.3 is 0 Å². The molecule has 1 atom stereocenters. The van der Waals surface area contributed by atoms with Gasteiger partial charge in [-0.3, -0.25) is 0 Å². The van der Waals surface area contributed by atoms with E-state index in [2.05, 4.69) is 15.5 Å². The zero-order chi connectivity index (χ0) is 20.3. The molecule has 1 aromatic heterocycles. The number of halogens is 1. The summed E-state index contributed by atoms with van der Waals surface area (Å²) < 4.78 is 30.0. The molecular formula is C19H19FN4O3S. The van der Waals surface area contributed by atoms with Crippen LogP contribution in [0.2, 0.25) is 0 Å². The van der Waals surface area contributed by atoms with E-state index in [4.69, 9.17) is 31.9 Å². The molecule has 3 aromatic rings. The quantitative estimate of drug-likeness (QED) is 0.579. The molecule has 28 heavy (non-hydrogen) atoms. The average Bonchev–Trinajstić information content (AvgIpc) is 3.12. The van der Waals surface area contributed by atoms with E-state index in [-0.39, 0.29) is 16.3 Å². The van der Waals surface area contributed by atoms with Gasteiger partial charge in [0.25, 0.3) is 0 Å². The normalized spacial score (nSPS) is 11.7. The van der Waals surface area contributed by atoms with E-state index < -0.39 is 11.9 Å². The first-order valence-electron chi connectivity index (χ1n) is 8.31. The van der Waals surface area contributed by atoms with E-state index in [9.17, 15) is 4.39 Å². The first kappa shape index (κ1) is 19.6. The highest BCUT2D eigenvalue weighted by molar-refractivity contribution is 7.80. The first-order valence-corrected chi connectivity index (χ1v) is 8.71. The van der Waals surface area contributed by atoms with Gasteiger partial charge < -0.3 is 25.0 Å². The van der Waals surface area contributed by atoms with Crippen LogP contribution < -0.4 is 20.5 Å². The highest BCUT2D eigenvalue weighted by Gasteiger charge is 2.22. The number of hydrogen-bond donors (Lipinski definition) is 2. The van der Waals surface area contributed by atoms with Crippen molar-refractivity contribution in [3.63, 3.8) is 0 Å². The van der Waals surface area contributed by atoms with Gasteiger partial charge in [0.2, 0.25) is 11.7 Å². The molecule has 0 spiro atoms. The molecular weight excluding hydrogens is 383 g/mol. The maximum absolute atomic E-state index is 14.6. The number of rotatable bonds is 7. The molecule has 0 aliphatic heterocycles. The monoisotopic (exact) mass is 402 g/mol. The van der Waals surface area contributed by atoms with Gasteiger partial charge in [0.05, 0.1) is 14.2 Å². The lowest BCUT2D eigenvalue weighted by Crippen LogP contribution is -2.27. The number of ether oxygens (including phenoxy) is 2. The third kappa shape index (κ3) is 4.04. The van der Waals surface area contributed by atoms with Crippen molar-refractivity contribution in [2.24, 2.45) is 5.73 Å². The molecule has 3 rings (SSSR count). The second-order valence-electron chi connectivity index (χ2n) is 5.92. The van der Waals surface area contributed by atoms with Gasteiger partial charge in [0.1, 0.15) is 16.8 Å². The standard InChI is InChI=1S/C19H19FN4O3S/c1-10-22-19(24-27-10)11-4-6-12(7-5-11)23-17(18(21)28)13-8-15(25-2)16(26-3)9-14(13)20/h4-9,17,23H,1-3H3,(H2,21,28). The smallest absolute Gasteiger partial charge is 0.223 e. The van der Waals surface area contributed by atoms with Crippen molar-refractivity contribution in [2.45, 2.75) is 13.0 Å². The van der Waals surface area contributed by atoms with E-state index in [1.165, 1.54) is 26.4 Å². The Morgan fingerprint density at radius 1 is 1.18 bits per heavy atom. The number of hydrogen-bond acceptors (Lipinski definition) is 7. The second-order valence-corrected chi connectivity index (χ2v) is 6.39. The highest BCUT2D eigenvalue weighted by Crippen LogP contribution is 2.34. The van der Waals surface area contributed by atoms with Crippen LogP contribution in [0.4, 0.5) is 10.1 Å². The summed E-state index contributed by atoms with van der Waals surface area (Å²) in [6.07, 6.45) is 0. The van der Waals surface area contributed by atoms with Crippen LogP contribution in [0.15, 0.2) is 40.9 Å². The molecule has 7 nitrogen and oxygen atoms in total. The molecule has 0 amide bonds. The molecule has 3 N–H and O–H groups in total. The Hall–Kier alpha value is -3.20. The van der Waals surface area contributed by atoms with Crippen molar-refractivity contribution in [2.75, 3.05) is 19.5 Å². The van der Waals surface area contributed by atoms with Crippen molar-refractivity contribution >= 4 is 22.9 Å². The van der Waals surface area contributed by atoms with Crippen LogP contribution >= 0.6 is 12.2 Å². The van der Waals surface area contributed by atoms with Crippen LogP contribution in [0.1, 0.15) is 17.5 Å². The van der Waals surface area contributed by atoms with Crippen molar-refractivity contribution in [3.05, 3.63) is 53.7 Å². The highest BCUT2D eigenvalue weighted by atomic mass is 32.1. The summed E-state index contributed by atoms with van der Waals surface area (Å²) in [6, 6.07) is 9.23. The van der Waals surface area contributed by atoms with Crippen molar-refractivity contribution < 1.29 is 18.4 Å². The van der Waals surface area contributed by atoms with Crippen LogP contribution in [0.25, 0.3) is 11.4 Å². The van der Waals surface area contributed by atoms with Gasteiger partial charge in [-0.15, -0.1) is 0 Å². The third-order valence-corrected chi connectivity index (χ3v) is 4.32. The minimum atomic E-state index is -0.743. The van der Waals surface area contributed by atoms with Crippen LogP contribution in [0.5, 0.6) is 11.5 Å². The van der Waals surface area contributed by atoms with E-state index in [1.54, 1.807) is 19.1 Å². The summed E-state index contributed by atoms with van der Waals surface area (Å²) in [6.45, 7) is 1.72. The predicted molar refractivity (Wildman–Crippen MR) is 107 cm³/mol. The average molecular weight is 402 g/mol. The minimum absolute atomic E-state index is 0.0870. The maximum atomic E-state index is 14.6. The van der Waals surface area contributed by atoms with Crippen molar-refractivity contribution in [1.29, 1.82) is 0 Å². The SMILES string of the molecule is COc1cc(F)c(C(Nc2ccc(-c3noc(C)n3)cc2)C(N)=S)cc1OC. The Kier molecular flexibility index (Phi) is 5.74. The topological polar surface area (TPSA) is 95.4 Å². The number of anilines is 1. The Morgan fingerprint density at radius 2 is 1.82 bits per heavy atom. The molecule has 1 unspecified atom stereocenters. The zero-order valence-corrected chi connectivity index (χ0v) is 16.3. The minimum Gasteiger partial charge on any atom is -0.493 e. The number of aromatic nitrogens is 2. The summed E-state index contributed by atoms with van der Waals surface area (Å²) in [4.78, 5) is 4.27. The molecule has 146 valence electrons. The molecule has 2 aromatic carbocycles. The van der Waals surface area contributed by atoms with E-state index in [0.717, 1.165) is 5.56 Å². The molecule has 0 aliphatic rings. The number of nitrogens with one attached hydrogen (secondary N) is 1. The van der Waals surface area contributed by atoms with Crippen LogP contribution in [-0.4, -0.2) is 29.3 Å². The van der Waals surface area contributed by atoms with Gasteiger partial charge in [-0.25, -0.2) is 4.39 Å². The van der Waals surface area contributed by atoms with E-state index >= 15 is 0 Å². The molecule has 0 saturated carbocycles. The number of nitrogens with two attached hydrogens (primary N) is 1. The van der Waals surface area contributed by atoms with E-state index in [0.29, 0.717) is 23.2 Å². The fourth-order valence-corrected chi connectivity index (χ4v) is 2.88. The number of methoxy groups -OCH3 is 2. The first-order chi connectivity index (χ1) is 13.4.